The second-order valence-electron chi connectivity index (χ2n) is 12.1. The highest BCUT2D eigenvalue weighted by molar-refractivity contribution is 6.00. The number of carbonyl (C=O) groups is 3. The summed E-state index contributed by atoms with van der Waals surface area (Å²) < 4.78 is 5.47. The number of carbonyl (C=O) groups excluding carboxylic acids is 3. The van der Waals surface area contributed by atoms with Gasteiger partial charge in [-0.2, -0.15) is 0 Å². The topological polar surface area (TPSA) is 132 Å². The van der Waals surface area contributed by atoms with Crippen LogP contribution in [0, 0.1) is 11.8 Å². The zero-order valence-electron chi connectivity index (χ0n) is 25.9. The summed E-state index contributed by atoms with van der Waals surface area (Å²) in [6.45, 7) is 9.47. The minimum absolute atomic E-state index is 0.0839. The first-order valence-corrected chi connectivity index (χ1v) is 15.6. The van der Waals surface area contributed by atoms with Gasteiger partial charge in [0.2, 0.25) is 5.91 Å². The molecular weight excluding hydrogens is 556 g/mol. The van der Waals surface area contributed by atoms with E-state index < -0.39 is 0 Å². The molecule has 2 N–H and O–H groups in total. The third kappa shape index (κ3) is 7.13. The quantitative estimate of drug-likeness (QED) is 0.323. The Kier molecular flexibility index (Phi) is 9.99. The van der Waals surface area contributed by atoms with Crippen molar-refractivity contribution < 1.29 is 19.1 Å². The average molecular weight is 599 g/mol. The summed E-state index contributed by atoms with van der Waals surface area (Å²) >= 11 is 0. The molecular formula is C34H42N6O4. The van der Waals surface area contributed by atoms with E-state index in [4.69, 9.17) is 10.5 Å². The second-order valence-corrected chi connectivity index (χ2v) is 12.1. The fraction of sp³-hybridized carbons (Fsp3) is 0.471. The molecule has 0 unspecified atom stereocenters. The Morgan fingerprint density at radius 1 is 1.02 bits per heavy atom. The number of ketones is 2. The second kappa shape index (κ2) is 14.1. The van der Waals surface area contributed by atoms with E-state index in [1.54, 1.807) is 23.5 Å². The maximum Gasteiger partial charge on any atom is 0.226 e. The maximum atomic E-state index is 13.4. The van der Waals surface area contributed by atoms with Gasteiger partial charge < -0.3 is 20.3 Å². The minimum Gasteiger partial charge on any atom is -0.382 e. The molecule has 0 bridgehead atoms. The first kappa shape index (κ1) is 31.3. The van der Waals surface area contributed by atoms with Crippen LogP contribution in [0.3, 0.4) is 0 Å². The van der Waals surface area contributed by atoms with Gasteiger partial charge in [0.25, 0.3) is 0 Å². The molecule has 1 aromatic carbocycles. The Hall–Kier alpha value is -4.18. The van der Waals surface area contributed by atoms with Crippen LogP contribution in [0.4, 0.5) is 11.5 Å². The average Bonchev–Trinajstić information content (AvgIpc) is 3.54. The zero-order chi connectivity index (χ0) is 31.2. The van der Waals surface area contributed by atoms with Gasteiger partial charge in [-0.15, -0.1) is 0 Å². The van der Waals surface area contributed by atoms with Crippen molar-refractivity contribution in [2.24, 2.45) is 11.8 Å². The van der Waals surface area contributed by atoms with E-state index in [0.717, 1.165) is 48.3 Å². The third-order valence-electron chi connectivity index (χ3n) is 8.85. The van der Waals surface area contributed by atoms with Gasteiger partial charge in [0.05, 0.1) is 31.1 Å². The van der Waals surface area contributed by atoms with Gasteiger partial charge in [-0.3, -0.25) is 19.4 Å². The Bertz CT molecular complexity index is 1490. The molecule has 10 nitrogen and oxygen atoms in total. The number of ether oxygens (including phenoxy) is 1. The molecule has 1 amide bonds. The van der Waals surface area contributed by atoms with Gasteiger partial charge in [0, 0.05) is 67.6 Å². The van der Waals surface area contributed by atoms with Crippen LogP contribution in [0.25, 0.3) is 11.3 Å². The lowest BCUT2D eigenvalue weighted by Gasteiger charge is -2.30. The highest BCUT2D eigenvalue weighted by Gasteiger charge is 2.36. The Balaban J connectivity index is 1.23. The fourth-order valence-electron chi connectivity index (χ4n) is 5.86. The predicted molar refractivity (Wildman–Crippen MR) is 169 cm³/mol. The van der Waals surface area contributed by atoms with Gasteiger partial charge in [-0.25, -0.2) is 9.97 Å². The van der Waals surface area contributed by atoms with E-state index in [1.165, 1.54) is 0 Å². The molecule has 2 aliphatic heterocycles. The number of pyridine rings is 1. The number of hydrogen-bond acceptors (Lipinski definition) is 9. The summed E-state index contributed by atoms with van der Waals surface area (Å²) in [6.07, 6.45) is 7.69. The minimum atomic E-state index is -0.319. The molecule has 2 aromatic heterocycles. The Labute approximate surface area is 259 Å². The van der Waals surface area contributed by atoms with Crippen LogP contribution in [0.15, 0.2) is 48.9 Å². The number of benzene rings is 1. The molecule has 4 heterocycles. The highest BCUT2D eigenvalue weighted by Crippen LogP contribution is 2.26. The normalized spacial score (nSPS) is 17.6. The summed E-state index contributed by atoms with van der Waals surface area (Å²) in [5, 5.41) is 0. The summed E-state index contributed by atoms with van der Waals surface area (Å²) in [5.74, 6) is 0.219. The molecule has 10 heteroatoms. The number of rotatable bonds is 11. The number of aryl methyl sites for hydroxylation is 1. The van der Waals surface area contributed by atoms with Gasteiger partial charge in [0.15, 0.2) is 17.4 Å². The smallest absolute Gasteiger partial charge is 0.226 e. The number of likely N-dealkylation sites (tertiary alicyclic amines) is 1. The number of Topliss-reactive ketones (excluding diaryl/α,β-unsaturated/α-hetero) is 2. The first-order valence-electron chi connectivity index (χ1n) is 15.6. The van der Waals surface area contributed by atoms with Crippen molar-refractivity contribution in [1.29, 1.82) is 0 Å². The van der Waals surface area contributed by atoms with Crippen molar-refractivity contribution in [2.75, 3.05) is 43.5 Å². The predicted octanol–water partition coefficient (Wildman–Crippen LogP) is 4.17. The fourth-order valence-corrected chi connectivity index (χ4v) is 5.86. The highest BCUT2D eigenvalue weighted by atomic mass is 16.5. The zero-order valence-corrected chi connectivity index (χ0v) is 25.9. The van der Waals surface area contributed by atoms with Crippen LogP contribution in [0.1, 0.15) is 61.6 Å². The summed E-state index contributed by atoms with van der Waals surface area (Å²) in [4.78, 5) is 56.6. The lowest BCUT2D eigenvalue weighted by Crippen LogP contribution is -2.44. The Morgan fingerprint density at radius 3 is 2.50 bits per heavy atom. The molecule has 0 spiro atoms. The van der Waals surface area contributed by atoms with Crippen LogP contribution in [-0.2, 0) is 27.2 Å². The number of morpholine rings is 1. The third-order valence-corrected chi connectivity index (χ3v) is 8.85. The largest absolute Gasteiger partial charge is 0.382 e. The van der Waals surface area contributed by atoms with Crippen molar-refractivity contribution >= 4 is 29.0 Å². The molecule has 0 saturated carbocycles. The molecule has 2 fully saturated rings. The molecule has 2 saturated heterocycles. The van der Waals surface area contributed by atoms with Crippen LogP contribution < -0.4 is 10.6 Å². The monoisotopic (exact) mass is 598 g/mol. The van der Waals surface area contributed by atoms with Gasteiger partial charge in [-0.05, 0) is 36.8 Å². The molecule has 2 aliphatic rings. The summed E-state index contributed by atoms with van der Waals surface area (Å²) in [5.41, 5.74) is 10.4. The van der Waals surface area contributed by atoms with Gasteiger partial charge in [0.1, 0.15) is 5.69 Å². The summed E-state index contributed by atoms with van der Waals surface area (Å²) in [7, 11) is 0. The van der Waals surface area contributed by atoms with E-state index in [-0.39, 0.29) is 53.3 Å². The van der Waals surface area contributed by atoms with E-state index in [1.807, 2.05) is 51.1 Å². The van der Waals surface area contributed by atoms with Gasteiger partial charge >= 0.3 is 0 Å². The van der Waals surface area contributed by atoms with E-state index in [0.29, 0.717) is 38.3 Å². The molecule has 5 rings (SSSR count). The number of hydrogen-bond donors (Lipinski definition) is 1. The number of amides is 1. The molecule has 44 heavy (non-hydrogen) atoms. The molecule has 2 atom stereocenters. The molecule has 232 valence electrons. The lowest BCUT2D eigenvalue weighted by atomic mass is 9.95. The van der Waals surface area contributed by atoms with Crippen molar-refractivity contribution in [2.45, 2.75) is 58.9 Å². The molecule has 3 aromatic rings. The van der Waals surface area contributed by atoms with E-state index in [9.17, 15) is 14.4 Å². The number of aromatic nitrogens is 3. The van der Waals surface area contributed by atoms with E-state index >= 15 is 0 Å². The van der Waals surface area contributed by atoms with Crippen LogP contribution in [-0.4, -0.2) is 76.2 Å². The van der Waals surface area contributed by atoms with Crippen molar-refractivity contribution in [3.05, 3.63) is 65.7 Å². The lowest BCUT2D eigenvalue weighted by molar-refractivity contribution is -0.141. The standard InChI is InChI=1S/C34H42N6O4/c1-22(2)23(3)34(43)40-14-4-5-29(40)30(41)11-8-24-6-9-25(10-7-24)27-21-37-33(35)32(38-27)31(42)19-26-20-36-13-12-28(26)39-15-17-44-18-16-39/h6-7,9-10,12-13,20-23,29H,4-5,8,11,14-19H2,1-3H3,(H2,35,37)/t23-,29-/m0/s1. The van der Waals surface area contributed by atoms with E-state index in [2.05, 4.69) is 19.9 Å². The van der Waals surface area contributed by atoms with Crippen molar-refractivity contribution in [1.82, 2.24) is 19.9 Å². The van der Waals surface area contributed by atoms with Crippen LogP contribution >= 0.6 is 0 Å². The summed E-state index contributed by atoms with van der Waals surface area (Å²) in [6, 6.07) is 9.37. The van der Waals surface area contributed by atoms with Crippen molar-refractivity contribution in [3.8, 4) is 11.3 Å². The SMILES string of the molecule is CC(C)[C@H](C)C(=O)N1CCC[C@H]1C(=O)CCc1ccc(-c2cnc(N)c(C(=O)Cc3cnccc3N3CCOCC3)n2)cc1. The van der Waals surface area contributed by atoms with Gasteiger partial charge in [-0.1, -0.05) is 45.0 Å². The molecule has 0 aliphatic carbocycles. The maximum absolute atomic E-state index is 13.4. The number of nitrogen functional groups attached to an aromatic ring is 1. The van der Waals surface area contributed by atoms with Crippen molar-refractivity contribution in [3.63, 3.8) is 0 Å². The molecule has 0 radical (unpaired) electrons. The number of nitrogens with two attached hydrogens (primary N) is 1. The number of nitrogens with zero attached hydrogens (tertiary/aromatic N) is 5. The van der Waals surface area contributed by atoms with Crippen LogP contribution in [0.5, 0.6) is 0 Å². The Morgan fingerprint density at radius 2 is 1.77 bits per heavy atom. The first-order chi connectivity index (χ1) is 21.2. The van der Waals surface area contributed by atoms with Crippen LogP contribution in [0.2, 0.25) is 0 Å². The number of anilines is 2.